The fraction of sp³-hybridized carbons (Fsp3) is 0.474. The van der Waals surface area contributed by atoms with Gasteiger partial charge in [-0.15, -0.1) is 16.8 Å². The third kappa shape index (κ3) is 3.98. The molecule has 2 aliphatic heterocycles. The lowest BCUT2D eigenvalue weighted by Crippen LogP contribution is -2.43. The van der Waals surface area contributed by atoms with Gasteiger partial charge in [0, 0.05) is 42.5 Å². The second-order valence-corrected chi connectivity index (χ2v) is 8.28. The second kappa shape index (κ2) is 8.13. The van der Waals surface area contributed by atoms with Gasteiger partial charge in [0.05, 0.1) is 12.2 Å². The largest absolute Gasteiger partial charge is 0.372 e. The zero-order valence-electron chi connectivity index (χ0n) is 14.7. The number of likely N-dealkylation sites (tertiary alicyclic amines) is 1. The van der Waals surface area contributed by atoms with Crippen molar-refractivity contribution < 1.29 is 4.74 Å². The van der Waals surface area contributed by atoms with Crippen molar-refractivity contribution in [2.45, 2.75) is 36.8 Å². The van der Waals surface area contributed by atoms with Crippen molar-refractivity contribution in [2.24, 2.45) is 0 Å². The highest BCUT2D eigenvalue weighted by atomic mass is 35.5. The highest BCUT2D eigenvalue weighted by molar-refractivity contribution is 7.99. The maximum absolute atomic E-state index is 6.00. The Bertz CT molecular complexity index is 751. The minimum absolute atomic E-state index is 0.444. The van der Waals surface area contributed by atoms with E-state index in [1.807, 2.05) is 30.3 Å². The predicted molar refractivity (Wildman–Crippen MR) is 106 cm³/mol. The zero-order valence-corrected chi connectivity index (χ0v) is 16.3. The second-order valence-electron chi connectivity index (χ2n) is 6.78. The fourth-order valence-corrected chi connectivity index (χ4v) is 4.72. The Morgan fingerprint density at radius 2 is 1.92 bits per heavy atom. The molecular weight excluding hydrogens is 368 g/mol. The molecule has 4 rings (SSSR count). The Morgan fingerprint density at radius 3 is 2.62 bits per heavy atom. The molecule has 3 heterocycles. The third-order valence-electron chi connectivity index (χ3n) is 4.89. The summed E-state index contributed by atoms with van der Waals surface area (Å²) in [5.74, 6) is 1.85. The molecule has 0 N–H and O–H groups in total. The molecule has 0 spiro atoms. The van der Waals surface area contributed by atoms with Crippen molar-refractivity contribution in [3.63, 3.8) is 0 Å². The maximum Gasteiger partial charge on any atom is 0.191 e. The normalized spacial score (nSPS) is 22.7. The molecule has 2 saturated heterocycles. The molecule has 7 heteroatoms. The van der Waals surface area contributed by atoms with Crippen LogP contribution in [-0.2, 0) is 11.3 Å². The van der Waals surface area contributed by atoms with Crippen molar-refractivity contribution in [3.8, 4) is 11.4 Å². The van der Waals surface area contributed by atoms with E-state index in [9.17, 15) is 0 Å². The van der Waals surface area contributed by atoms with Crippen LogP contribution in [0.1, 0.15) is 12.8 Å². The molecular formula is C19H23ClN4OS. The fourth-order valence-electron chi connectivity index (χ4n) is 3.65. The van der Waals surface area contributed by atoms with Gasteiger partial charge in [-0.2, -0.15) is 0 Å². The van der Waals surface area contributed by atoms with E-state index < -0.39 is 0 Å². The van der Waals surface area contributed by atoms with Crippen LogP contribution in [0, 0.1) is 0 Å². The number of thioether (sulfide) groups is 1. The molecule has 5 nitrogen and oxygen atoms in total. The molecule has 2 fully saturated rings. The summed E-state index contributed by atoms with van der Waals surface area (Å²) in [5.41, 5.74) is 1.01. The molecule has 138 valence electrons. The Labute approximate surface area is 163 Å². The molecule has 0 aliphatic carbocycles. The van der Waals surface area contributed by atoms with Crippen molar-refractivity contribution in [3.05, 3.63) is 41.9 Å². The molecule has 1 aromatic carbocycles. The van der Waals surface area contributed by atoms with E-state index in [-0.39, 0.29) is 0 Å². The standard InChI is InChI=1S/C19H23ClN4OS/c1-2-9-24-18(14-3-5-15(20)6-4-14)21-22-19(24)26-11-10-23-12-16-7-8-17(13-23)25-16/h2-6,16-17H,1,7-13H2/t16-,17+. The van der Waals surface area contributed by atoms with Gasteiger partial charge >= 0.3 is 0 Å². The summed E-state index contributed by atoms with van der Waals surface area (Å²) in [7, 11) is 0. The number of rotatable bonds is 7. The van der Waals surface area contributed by atoms with E-state index in [0.29, 0.717) is 18.8 Å². The first-order chi connectivity index (χ1) is 12.7. The summed E-state index contributed by atoms with van der Waals surface area (Å²) in [6.07, 6.45) is 5.20. The summed E-state index contributed by atoms with van der Waals surface area (Å²) in [4.78, 5) is 2.52. The lowest BCUT2D eigenvalue weighted by molar-refractivity contribution is -0.0360. The number of benzene rings is 1. The highest BCUT2D eigenvalue weighted by Crippen LogP contribution is 2.28. The first-order valence-electron chi connectivity index (χ1n) is 9.03. The van der Waals surface area contributed by atoms with Crippen LogP contribution in [0.3, 0.4) is 0 Å². The lowest BCUT2D eigenvalue weighted by atomic mass is 10.2. The van der Waals surface area contributed by atoms with Crippen LogP contribution in [0.4, 0.5) is 0 Å². The van der Waals surface area contributed by atoms with Gasteiger partial charge in [-0.3, -0.25) is 9.47 Å². The van der Waals surface area contributed by atoms with Crippen molar-refractivity contribution in [2.75, 3.05) is 25.4 Å². The molecule has 0 amide bonds. The number of hydrogen-bond acceptors (Lipinski definition) is 5. The summed E-state index contributed by atoms with van der Waals surface area (Å²) in [6.45, 7) is 7.74. The van der Waals surface area contributed by atoms with Crippen molar-refractivity contribution in [1.29, 1.82) is 0 Å². The predicted octanol–water partition coefficient (Wildman–Crippen LogP) is 3.74. The number of morpholine rings is 1. The molecule has 0 unspecified atom stereocenters. The van der Waals surface area contributed by atoms with Crippen LogP contribution < -0.4 is 0 Å². The Balaban J connectivity index is 1.41. The quantitative estimate of drug-likeness (QED) is 0.532. The first-order valence-corrected chi connectivity index (χ1v) is 10.4. The highest BCUT2D eigenvalue weighted by Gasteiger charge is 2.33. The van der Waals surface area contributed by atoms with Gasteiger partial charge in [0.15, 0.2) is 11.0 Å². The van der Waals surface area contributed by atoms with Crippen LogP contribution in [0.15, 0.2) is 42.1 Å². The van der Waals surface area contributed by atoms with Crippen LogP contribution in [0.2, 0.25) is 5.02 Å². The summed E-state index contributed by atoms with van der Waals surface area (Å²) >= 11 is 7.75. The van der Waals surface area contributed by atoms with Gasteiger partial charge in [-0.05, 0) is 37.1 Å². The molecule has 0 saturated carbocycles. The molecule has 2 bridgehead atoms. The van der Waals surface area contributed by atoms with Gasteiger partial charge in [-0.25, -0.2) is 0 Å². The average molecular weight is 391 g/mol. The number of ether oxygens (including phenoxy) is 1. The molecule has 0 radical (unpaired) electrons. The minimum Gasteiger partial charge on any atom is -0.372 e. The maximum atomic E-state index is 6.00. The first kappa shape index (κ1) is 18.0. The van der Waals surface area contributed by atoms with E-state index in [2.05, 4.69) is 26.2 Å². The zero-order chi connectivity index (χ0) is 17.9. The van der Waals surface area contributed by atoms with Gasteiger partial charge in [-0.1, -0.05) is 29.4 Å². The summed E-state index contributed by atoms with van der Waals surface area (Å²) in [6, 6.07) is 7.71. The topological polar surface area (TPSA) is 43.2 Å². The van der Waals surface area contributed by atoms with Gasteiger partial charge in [0.2, 0.25) is 0 Å². The molecule has 2 atom stereocenters. The Kier molecular flexibility index (Phi) is 5.64. The smallest absolute Gasteiger partial charge is 0.191 e. The van der Waals surface area contributed by atoms with Crippen LogP contribution in [0.25, 0.3) is 11.4 Å². The Morgan fingerprint density at radius 1 is 1.19 bits per heavy atom. The van der Waals surface area contributed by atoms with Gasteiger partial charge in [0.25, 0.3) is 0 Å². The number of allylic oxidation sites excluding steroid dienone is 1. The van der Waals surface area contributed by atoms with Gasteiger partial charge < -0.3 is 4.74 Å². The SMILES string of the molecule is C=CCn1c(SCCN2C[C@H]3CC[C@@H](C2)O3)nnc1-c1ccc(Cl)cc1. The van der Waals surface area contributed by atoms with Crippen molar-refractivity contribution >= 4 is 23.4 Å². The molecule has 2 aliphatic rings. The van der Waals surface area contributed by atoms with E-state index in [1.165, 1.54) is 12.8 Å². The van der Waals surface area contributed by atoms with E-state index in [0.717, 1.165) is 47.0 Å². The average Bonchev–Trinajstić information content (AvgIpc) is 3.19. The molecule has 1 aromatic heterocycles. The Hall–Kier alpha value is -1.34. The monoisotopic (exact) mass is 390 g/mol. The summed E-state index contributed by atoms with van der Waals surface area (Å²) in [5, 5.41) is 10.5. The van der Waals surface area contributed by atoms with Crippen molar-refractivity contribution in [1.82, 2.24) is 19.7 Å². The number of halogens is 1. The number of fused-ring (bicyclic) bond motifs is 2. The molecule has 26 heavy (non-hydrogen) atoms. The molecule has 2 aromatic rings. The van der Waals surface area contributed by atoms with E-state index in [4.69, 9.17) is 16.3 Å². The van der Waals surface area contributed by atoms with E-state index in [1.54, 1.807) is 11.8 Å². The van der Waals surface area contributed by atoms with Crippen LogP contribution in [0.5, 0.6) is 0 Å². The number of aromatic nitrogens is 3. The minimum atomic E-state index is 0.444. The van der Waals surface area contributed by atoms with Gasteiger partial charge in [0.1, 0.15) is 0 Å². The third-order valence-corrected chi connectivity index (χ3v) is 6.09. The number of hydrogen-bond donors (Lipinski definition) is 0. The van der Waals surface area contributed by atoms with Crippen LogP contribution in [-0.4, -0.2) is 57.3 Å². The van der Waals surface area contributed by atoms with E-state index >= 15 is 0 Å². The summed E-state index contributed by atoms with van der Waals surface area (Å²) < 4.78 is 8.02. The number of nitrogens with zero attached hydrogens (tertiary/aromatic N) is 4. The van der Waals surface area contributed by atoms with Crippen LogP contribution >= 0.6 is 23.4 Å². The lowest BCUT2D eigenvalue weighted by Gasteiger charge is -2.31.